The van der Waals surface area contributed by atoms with Crippen molar-refractivity contribution < 1.29 is 19.1 Å². The highest BCUT2D eigenvalue weighted by Crippen LogP contribution is 2.23. The highest BCUT2D eigenvalue weighted by molar-refractivity contribution is 7.09. The third-order valence-electron chi connectivity index (χ3n) is 3.34. The van der Waals surface area contributed by atoms with E-state index in [2.05, 4.69) is 4.98 Å². The van der Waals surface area contributed by atoms with Crippen molar-refractivity contribution in [2.24, 2.45) is 0 Å². The van der Waals surface area contributed by atoms with Gasteiger partial charge in [-0.1, -0.05) is 0 Å². The van der Waals surface area contributed by atoms with Crippen LogP contribution in [-0.2, 0) is 20.9 Å². The maximum Gasteiger partial charge on any atom is 0.411 e. The van der Waals surface area contributed by atoms with Crippen molar-refractivity contribution in [3.8, 4) is 0 Å². The largest absolute Gasteiger partial charge is 0.458 e. The van der Waals surface area contributed by atoms with Gasteiger partial charge in [-0.3, -0.25) is 4.90 Å². The molecular formula is C15H22N2O4S. The Morgan fingerprint density at radius 3 is 2.77 bits per heavy atom. The maximum absolute atomic E-state index is 12.2. The van der Waals surface area contributed by atoms with Gasteiger partial charge in [-0.2, -0.15) is 0 Å². The summed E-state index contributed by atoms with van der Waals surface area (Å²) in [7, 11) is 0. The van der Waals surface area contributed by atoms with Crippen LogP contribution in [0.15, 0.2) is 5.51 Å². The number of ether oxygens (including phenoxy) is 2. The fraction of sp³-hybridized carbons (Fsp3) is 0.667. The highest BCUT2D eigenvalue weighted by atomic mass is 32.1. The second kappa shape index (κ2) is 6.64. The Balaban J connectivity index is 1.93. The molecule has 122 valence electrons. The van der Waals surface area contributed by atoms with Crippen LogP contribution in [0, 0.1) is 6.92 Å². The van der Waals surface area contributed by atoms with Gasteiger partial charge in [0.2, 0.25) is 0 Å². The molecule has 1 atom stereocenters. The van der Waals surface area contributed by atoms with Gasteiger partial charge >= 0.3 is 12.1 Å². The lowest BCUT2D eigenvalue weighted by Gasteiger charge is -2.27. The van der Waals surface area contributed by atoms with Crippen molar-refractivity contribution in [3.63, 3.8) is 0 Å². The smallest absolute Gasteiger partial charge is 0.411 e. The van der Waals surface area contributed by atoms with E-state index in [1.54, 1.807) is 26.3 Å². The molecule has 1 aromatic rings. The molecule has 1 aromatic heterocycles. The molecule has 1 aliphatic heterocycles. The number of rotatable bonds is 3. The van der Waals surface area contributed by atoms with Crippen LogP contribution in [0.3, 0.4) is 0 Å². The fourth-order valence-electron chi connectivity index (χ4n) is 2.25. The summed E-state index contributed by atoms with van der Waals surface area (Å²) in [4.78, 5) is 30.9. The lowest BCUT2D eigenvalue weighted by molar-refractivity contribution is -0.150. The molecular weight excluding hydrogens is 304 g/mol. The van der Waals surface area contributed by atoms with Gasteiger partial charge in [-0.15, -0.1) is 11.3 Å². The molecule has 0 bridgehead atoms. The molecule has 1 saturated heterocycles. The zero-order valence-corrected chi connectivity index (χ0v) is 14.2. The van der Waals surface area contributed by atoms with Gasteiger partial charge in [0, 0.05) is 6.54 Å². The van der Waals surface area contributed by atoms with Gasteiger partial charge in [0.1, 0.15) is 18.2 Å². The third-order valence-corrected chi connectivity index (χ3v) is 4.25. The Morgan fingerprint density at radius 2 is 2.18 bits per heavy atom. The molecule has 0 unspecified atom stereocenters. The van der Waals surface area contributed by atoms with E-state index < -0.39 is 17.7 Å². The Labute approximate surface area is 134 Å². The SMILES string of the molecule is Cc1ncsc1COC(=O)[C@@H]1CCCN1C(=O)OC(C)(C)C. The molecule has 6 nitrogen and oxygen atoms in total. The number of aryl methyl sites for hydroxylation is 1. The highest BCUT2D eigenvalue weighted by Gasteiger charge is 2.37. The number of thiazole rings is 1. The van der Waals surface area contributed by atoms with E-state index >= 15 is 0 Å². The van der Waals surface area contributed by atoms with E-state index in [9.17, 15) is 9.59 Å². The molecule has 0 radical (unpaired) electrons. The van der Waals surface area contributed by atoms with Crippen LogP contribution < -0.4 is 0 Å². The molecule has 1 aliphatic rings. The van der Waals surface area contributed by atoms with Gasteiger partial charge in [0.05, 0.1) is 16.1 Å². The molecule has 2 rings (SSSR count). The van der Waals surface area contributed by atoms with Crippen molar-refractivity contribution in [3.05, 3.63) is 16.1 Å². The number of carbonyl (C=O) groups is 2. The standard InChI is InChI=1S/C15H22N2O4S/c1-10-12(22-9-16-10)8-20-13(18)11-6-5-7-17(11)14(19)21-15(2,3)4/h9,11H,5-8H2,1-4H3/t11-/m0/s1. The van der Waals surface area contributed by atoms with Crippen LogP contribution in [0.2, 0.25) is 0 Å². The normalized spacial score (nSPS) is 18.4. The predicted octanol–water partition coefficient (Wildman–Crippen LogP) is 2.89. The Bertz CT molecular complexity index is 550. The first-order valence-corrected chi connectivity index (χ1v) is 8.21. The van der Waals surface area contributed by atoms with Crippen molar-refractivity contribution in [1.82, 2.24) is 9.88 Å². The zero-order chi connectivity index (χ0) is 16.3. The van der Waals surface area contributed by atoms with Crippen LogP contribution in [0.1, 0.15) is 44.2 Å². The van der Waals surface area contributed by atoms with Gasteiger partial charge in [-0.05, 0) is 40.5 Å². The average molecular weight is 326 g/mol. The number of esters is 1. The first-order chi connectivity index (χ1) is 10.3. The second-order valence-corrected chi connectivity index (χ2v) is 7.24. The molecule has 22 heavy (non-hydrogen) atoms. The summed E-state index contributed by atoms with van der Waals surface area (Å²) >= 11 is 1.46. The molecule has 0 N–H and O–H groups in total. The number of nitrogens with zero attached hydrogens (tertiary/aromatic N) is 2. The minimum absolute atomic E-state index is 0.202. The quantitative estimate of drug-likeness (QED) is 0.799. The topological polar surface area (TPSA) is 68.7 Å². The number of hydrogen-bond acceptors (Lipinski definition) is 6. The van der Waals surface area contributed by atoms with E-state index in [0.717, 1.165) is 17.0 Å². The molecule has 0 aromatic carbocycles. The summed E-state index contributed by atoms with van der Waals surface area (Å²) in [5.74, 6) is -0.379. The molecule has 1 amide bonds. The first kappa shape index (κ1) is 16.7. The molecule has 0 aliphatic carbocycles. The number of carbonyl (C=O) groups excluding carboxylic acids is 2. The summed E-state index contributed by atoms with van der Waals surface area (Å²) in [5.41, 5.74) is 2.02. The van der Waals surface area contributed by atoms with Crippen molar-refractivity contribution in [1.29, 1.82) is 0 Å². The first-order valence-electron chi connectivity index (χ1n) is 7.33. The summed E-state index contributed by atoms with van der Waals surface area (Å²) < 4.78 is 10.7. The van der Waals surface area contributed by atoms with Crippen LogP contribution in [0.5, 0.6) is 0 Å². The fourth-order valence-corrected chi connectivity index (χ4v) is 2.94. The maximum atomic E-state index is 12.2. The van der Waals surface area contributed by atoms with Gasteiger partial charge < -0.3 is 9.47 Å². The van der Waals surface area contributed by atoms with Crippen molar-refractivity contribution in [2.75, 3.05) is 6.54 Å². The number of hydrogen-bond donors (Lipinski definition) is 0. The third kappa shape index (κ3) is 4.19. The average Bonchev–Trinajstić information content (AvgIpc) is 3.02. The summed E-state index contributed by atoms with van der Waals surface area (Å²) in [6.07, 6.45) is 0.930. The van der Waals surface area contributed by atoms with Gasteiger partial charge in [0.15, 0.2) is 0 Å². The van der Waals surface area contributed by atoms with E-state index in [-0.39, 0.29) is 12.6 Å². The minimum atomic E-state index is -0.576. The molecule has 2 heterocycles. The zero-order valence-electron chi connectivity index (χ0n) is 13.4. The van der Waals surface area contributed by atoms with E-state index in [1.807, 2.05) is 6.92 Å². The summed E-state index contributed by atoms with van der Waals surface area (Å²) in [6.45, 7) is 8.02. The van der Waals surface area contributed by atoms with Crippen LogP contribution in [0.25, 0.3) is 0 Å². The molecule has 0 saturated carbocycles. The Hall–Kier alpha value is -1.63. The molecule has 0 spiro atoms. The lowest BCUT2D eigenvalue weighted by atomic mass is 10.2. The molecule has 7 heteroatoms. The second-order valence-electron chi connectivity index (χ2n) is 6.30. The Morgan fingerprint density at radius 1 is 1.45 bits per heavy atom. The molecule has 1 fully saturated rings. The van der Waals surface area contributed by atoms with Gasteiger partial charge in [0.25, 0.3) is 0 Å². The van der Waals surface area contributed by atoms with Crippen LogP contribution in [0.4, 0.5) is 4.79 Å². The Kier molecular flexibility index (Phi) is 5.05. The number of likely N-dealkylation sites (tertiary alicyclic amines) is 1. The van der Waals surface area contributed by atoms with E-state index in [4.69, 9.17) is 9.47 Å². The van der Waals surface area contributed by atoms with Crippen molar-refractivity contribution in [2.45, 2.75) is 58.8 Å². The van der Waals surface area contributed by atoms with Crippen LogP contribution >= 0.6 is 11.3 Å². The lowest BCUT2D eigenvalue weighted by Crippen LogP contribution is -2.44. The number of aromatic nitrogens is 1. The van der Waals surface area contributed by atoms with Crippen molar-refractivity contribution >= 4 is 23.4 Å². The van der Waals surface area contributed by atoms with E-state index in [0.29, 0.717) is 13.0 Å². The predicted molar refractivity (Wildman–Crippen MR) is 82.6 cm³/mol. The monoisotopic (exact) mass is 326 g/mol. The summed E-state index contributed by atoms with van der Waals surface area (Å²) in [5, 5.41) is 0. The van der Waals surface area contributed by atoms with Gasteiger partial charge in [-0.25, -0.2) is 14.6 Å². The van der Waals surface area contributed by atoms with E-state index in [1.165, 1.54) is 16.2 Å². The number of amides is 1. The minimum Gasteiger partial charge on any atom is -0.458 e. The van der Waals surface area contributed by atoms with Crippen LogP contribution in [-0.4, -0.2) is 40.1 Å². The summed E-state index contributed by atoms with van der Waals surface area (Å²) in [6, 6.07) is -0.553.